The number of imide groups is 1. The van der Waals surface area contributed by atoms with E-state index in [1.54, 1.807) is 7.11 Å². The summed E-state index contributed by atoms with van der Waals surface area (Å²) in [7, 11) is 1.57. The van der Waals surface area contributed by atoms with Gasteiger partial charge in [0.1, 0.15) is 11.4 Å². The van der Waals surface area contributed by atoms with E-state index in [4.69, 9.17) is 9.47 Å². The van der Waals surface area contributed by atoms with Crippen LogP contribution in [0.4, 0.5) is 0 Å². The highest BCUT2D eigenvalue weighted by Gasteiger charge is 2.41. The quantitative estimate of drug-likeness (QED) is 0.668. The van der Waals surface area contributed by atoms with Crippen LogP contribution in [0.1, 0.15) is 31.7 Å². The second kappa shape index (κ2) is 8.36. The Balaban J connectivity index is 1.93. The summed E-state index contributed by atoms with van der Waals surface area (Å²) in [6, 6.07) is 7.44. The van der Waals surface area contributed by atoms with Gasteiger partial charge in [-0.2, -0.15) is 0 Å². The molecule has 6 heteroatoms. The minimum atomic E-state index is -0.240. The molecule has 2 aliphatic rings. The Hall–Kier alpha value is -2.34. The molecule has 0 aromatic heterocycles. The lowest BCUT2D eigenvalue weighted by atomic mass is 10.0. The molecule has 2 aliphatic heterocycles. The van der Waals surface area contributed by atoms with E-state index in [-0.39, 0.29) is 18.4 Å². The first-order chi connectivity index (χ1) is 12.7. The molecule has 2 heterocycles. The summed E-state index contributed by atoms with van der Waals surface area (Å²) in [5, 5.41) is 0. The van der Waals surface area contributed by atoms with Gasteiger partial charge in [-0.25, -0.2) is 0 Å². The van der Waals surface area contributed by atoms with Crippen molar-refractivity contribution in [1.82, 2.24) is 9.80 Å². The summed E-state index contributed by atoms with van der Waals surface area (Å²) in [5.74, 6) is 0.318. The van der Waals surface area contributed by atoms with Crippen LogP contribution in [-0.2, 0) is 14.3 Å². The molecule has 0 spiro atoms. The summed E-state index contributed by atoms with van der Waals surface area (Å²) in [4.78, 5) is 29.3. The Labute approximate surface area is 154 Å². The molecule has 1 aromatic carbocycles. The summed E-state index contributed by atoms with van der Waals surface area (Å²) < 4.78 is 10.7. The van der Waals surface area contributed by atoms with Gasteiger partial charge in [-0.15, -0.1) is 0 Å². The average Bonchev–Trinajstić information content (AvgIpc) is 3.26. The first-order valence-electron chi connectivity index (χ1n) is 9.25. The first kappa shape index (κ1) is 18.5. The van der Waals surface area contributed by atoms with E-state index in [0.717, 1.165) is 43.7 Å². The van der Waals surface area contributed by atoms with Crippen LogP contribution < -0.4 is 4.74 Å². The van der Waals surface area contributed by atoms with Gasteiger partial charge in [0.2, 0.25) is 0 Å². The minimum absolute atomic E-state index is 0.213. The first-order valence-corrected chi connectivity index (χ1v) is 9.25. The van der Waals surface area contributed by atoms with Gasteiger partial charge in [0, 0.05) is 20.2 Å². The zero-order valence-corrected chi connectivity index (χ0v) is 15.5. The predicted octanol–water partition coefficient (Wildman–Crippen LogP) is 2.30. The number of carbonyl (C=O) groups excluding carboxylic acids is 2. The lowest BCUT2D eigenvalue weighted by Crippen LogP contribution is -2.36. The molecule has 3 rings (SSSR count). The molecule has 0 N–H and O–H groups in total. The van der Waals surface area contributed by atoms with Crippen LogP contribution in [0.2, 0.25) is 0 Å². The lowest BCUT2D eigenvalue weighted by molar-refractivity contribution is -0.138. The average molecular weight is 358 g/mol. The number of hydrogen-bond donors (Lipinski definition) is 0. The second-order valence-corrected chi connectivity index (χ2v) is 6.55. The highest BCUT2D eigenvalue weighted by atomic mass is 16.5. The van der Waals surface area contributed by atoms with Crippen LogP contribution in [-0.4, -0.2) is 61.6 Å². The second-order valence-electron chi connectivity index (χ2n) is 6.55. The number of methoxy groups -OCH3 is 1. The molecule has 1 aromatic rings. The van der Waals surface area contributed by atoms with Crippen LogP contribution in [0.3, 0.4) is 0 Å². The molecule has 1 fully saturated rings. The Morgan fingerprint density at radius 3 is 2.31 bits per heavy atom. The molecule has 0 unspecified atom stereocenters. The zero-order valence-electron chi connectivity index (χ0n) is 15.5. The van der Waals surface area contributed by atoms with E-state index in [1.165, 1.54) is 4.90 Å². The van der Waals surface area contributed by atoms with E-state index in [0.29, 0.717) is 24.5 Å². The van der Waals surface area contributed by atoms with Crippen LogP contribution >= 0.6 is 0 Å². The van der Waals surface area contributed by atoms with Crippen molar-refractivity contribution in [2.75, 3.05) is 40.0 Å². The molecule has 0 saturated carbocycles. The van der Waals surface area contributed by atoms with Gasteiger partial charge in [0.25, 0.3) is 11.8 Å². The number of nitrogens with zero attached hydrogens (tertiary/aromatic N) is 2. The van der Waals surface area contributed by atoms with Crippen LogP contribution in [0.15, 0.2) is 30.0 Å². The molecule has 6 nitrogen and oxygen atoms in total. The smallest absolute Gasteiger partial charge is 0.277 e. The van der Waals surface area contributed by atoms with Crippen LogP contribution in [0.5, 0.6) is 5.75 Å². The summed E-state index contributed by atoms with van der Waals surface area (Å²) >= 11 is 0. The molecular formula is C20H26N2O4. The number of benzene rings is 1. The third-order valence-corrected chi connectivity index (χ3v) is 4.70. The summed E-state index contributed by atoms with van der Waals surface area (Å²) in [5.41, 5.74) is 1.79. The maximum atomic E-state index is 13.0. The molecule has 1 saturated heterocycles. The summed E-state index contributed by atoms with van der Waals surface area (Å²) in [6.07, 6.45) is 3.02. The number of amides is 2. The molecule has 26 heavy (non-hydrogen) atoms. The Morgan fingerprint density at radius 2 is 1.69 bits per heavy atom. The normalized spacial score (nSPS) is 17.6. The SMILES string of the molecule is CCCOc1ccc(C2=C(N3CCCC3)C(=O)N(CCOC)C2=O)cc1. The van der Waals surface area contributed by atoms with Gasteiger partial charge in [-0.05, 0) is 37.0 Å². The Bertz CT molecular complexity index is 690. The van der Waals surface area contributed by atoms with Crippen molar-refractivity contribution in [2.45, 2.75) is 26.2 Å². The maximum Gasteiger partial charge on any atom is 0.277 e. The van der Waals surface area contributed by atoms with E-state index >= 15 is 0 Å². The van der Waals surface area contributed by atoms with Crippen molar-refractivity contribution >= 4 is 17.4 Å². The molecule has 0 atom stereocenters. The molecule has 0 radical (unpaired) electrons. The van der Waals surface area contributed by atoms with Gasteiger partial charge < -0.3 is 14.4 Å². The van der Waals surface area contributed by atoms with Gasteiger partial charge in [-0.1, -0.05) is 19.1 Å². The fraction of sp³-hybridized carbons (Fsp3) is 0.500. The highest BCUT2D eigenvalue weighted by molar-refractivity contribution is 6.35. The van der Waals surface area contributed by atoms with E-state index in [2.05, 4.69) is 6.92 Å². The monoisotopic (exact) mass is 358 g/mol. The third-order valence-electron chi connectivity index (χ3n) is 4.70. The maximum absolute atomic E-state index is 13.0. The molecule has 140 valence electrons. The van der Waals surface area contributed by atoms with E-state index in [9.17, 15) is 9.59 Å². The third kappa shape index (κ3) is 3.60. The highest BCUT2D eigenvalue weighted by Crippen LogP contribution is 2.33. The van der Waals surface area contributed by atoms with Gasteiger partial charge in [0.15, 0.2) is 0 Å². The van der Waals surface area contributed by atoms with Gasteiger partial charge in [0.05, 0.1) is 25.3 Å². The fourth-order valence-electron chi connectivity index (χ4n) is 3.38. The molecular weight excluding hydrogens is 332 g/mol. The predicted molar refractivity (Wildman–Crippen MR) is 98.6 cm³/mol. The number of hydrogen-bond acceptors (Lipinski definition) is 5. The molecule has 0 aliphatic carbocycles. The topological polar surface area (TPSA) is 59.1 Å². The van der Waals surface area contributed by atoms with Crippen molar-refractivity contribution in [3.8, 4) is 5.75 Å². The largest absolute Gasteiger partial charge is 0.494 e. The van der Waals surface area contributed by atoms with E-state index < -0.39 is 0 Å². The Kier molecular flexibility index (Phi) is 5.93. The van der Waals surface area contributed by atoms with Crippen molar-refractivity contribution < 1.29 is 19.1 Å². The Morgan fingerprint density at radius 1 is 1.00 bits per heavy atom. The van der Waals surface area contributed by atoms with Crippen molar-refractivity contribution in [1.29, 1.82) is 0 Å². The van der Waals surface area contributed by atoms with Crippen molar-refractivity contribution in [2.24, 2.45) is 0 Å². The van der Waals surface area contributed by atoms with E-state index in [1.807, 2.05) is 29.2 Å². The number of ether oxygens (including phenoxy) is 2. The lowest BCUT2D eigenvalue weighted by Gasteiger charge is -2.20. The molecule has 2 amide bonds. The van der Waals surface area contributed by atoms with Crippen LogP contribution in [0.25, 0.3) is 5.57 Å². The number of likely N-dealkylation sites (tertiary alicyclic amines) is 1. The molecule has 0 bridgehead atoms. The summed E-state index contributed by atoms with van der Waals surface area (Å²) in [6.45, 7) is 4.94. The zero-order chi connectivity index (χ0) is 18.5. The van der Waals surface area contributed by atoms with Gasteiger partial charge in [-0.3, -0.25) is 14.5 Å². The van der Waals surface area contributed by atoms with Crippen molar-refractivity contribution in [3.63, 3.8) is 0 Å². The number of carbonyl (C=O) groups is 2. The van der Waals surface area contributed by atoms with Gasteiger partial charge >= 0.3 is 0 Å². The minimum Gasteiger partial charge on any atom is -0.494 e. The fourth-order valence-corrected chi connectivity index (χ4v) is 3.38. The van der Waals surface area contributed by atoms with Crippen LogP contribution in [0, 0.1) is 0 Å². The standard InChI is InChI=1S/C20H26N2O4/c1-3-13-26-16-8-6-15(7-9-16)17-18(21-10-4-5-11-21)20(24)22(19(17)23)12-14-25-2/h6-9H,3-5,10-14H2,1-2H3. The van der Waals surface area contributed by atoms with Crippen molar-refractivity contribution in [3.05, 3.63) is 35.5 Å². The number of rotatable bonds is 8.